The second-order valence-electron chi connectivity index (χ2n) is 8.18. The van der Waals surface area contributed by atoms with Crippen LogP contribution in [0.2, 0.25) is 0 Å². The number of benzene rings is 1. The van der Waals surface area contributed by atoms with E-state index in [1.54, 1.807) is 33.7 Å². The summed E-state index contributed by atoms with van der Waals surface area (Å²) < 4.78 is 8.89. The molecule has 0 bridgehead atoms. The minimum absolute atomic E-state index is 0.0210. The number of hydrogen-bond acceptors (Lipinski definition) is 8. The Labute approximate surface area is 181 Å². The third kappa shape index (κ3) is 2.88. The molecule has 4 aromatic rings. The van der Waals surface area contributed by atoms with Gasteiger partial charge in [-0.25, -0.2) is 9.78 Å². The van der Waals surface area contributed by atoms with Crippen molar-refractivity contribution in [2.45, 2.75) is 25.0 Å². The molecule has 0 aliphatic carbocycles. The fourth-order valence-electron chi connectivity index (χ4n) is 4.46. The van der Waals surface area contributed by atoms with Gasteiger partial charge in [-0.05, 0) is 31.0 Å². The van der Waals surface area contributed by atoms with E-state index in [0.717, 1.165) is 12.8 Å². The molecule has 32 heavy (non-hydrogen) atoms. The highest BCUT2D eigenvalue weighted by atomic mass is 16.5. The quantitative estimate of drug-likeness (QED) is 0.486. The van der Waals surface area contributed by atoms with Crippen LogP contribution in [0.25, 0.3) is 28.1 Å². The van der Waals surface area contributed by atoms with Crippen LogP contribution in [0.5, 0.6) is 0 Å². The number of H-pyrrole nitrogens is 1. The number of nitrogens with zero attached hydrogens (tertiary/aromatic N) is 7. The van der Waals surface area contributed by atoms with Gasteiger partial charge in [0.1, 0.15) is 11.8 Å². The number of anilines is 1. The lowest BCUT2D eigenvalue weighted by atomic mass is 10.1. The first-order valence-corrected chi connectivity index (χ1v) is 10.5. The van der Waals surface area contributed by atoms with Crippen LogP contribution in [0.1, 0.15) is 24.4 Å². The zero-order valence-electron chi connectivity index (χ0n) is 17.1. The number of aromatic nitrogens is 6. The number of aliphatic hydroxyl groups is 1. The van der Waals surface area contributed by atoms with E-state index in [2.05, 4.69) is 16.0 Å². The first kappa shape index (κ1) is 19.0. The number of imidazole rings is 2. The Morgan fingerprint density at radius 2 is 2.03 bits per heavy atom. The average Bonchev–Trinajstić information content (AvgIpc) is 3.36. The predicted octanol–water partition coefficient (Wildman–Crippen LogP) is 0.863. The number of ether oxygens (including phenoxy) is 1. The van der Waals surface area contributed by atoms with E-state index in [1.165, 1.54) is 0 Å². The Kier molecular flexibility index (Phi) is 4.24. The molecule has 3 aromatic heterocycles. The first-order valence-electron chi connectivity index (χ1n) is 10.5. The highest BCUT2D eigenvalue weighted by molar-refractivity contribution is 5.86. The van der Waals surface area contributed by atoms with Crippen molar-refractivity contribution in [2.24, 2.45) is 0 Å². The molecule has 162 valence electrons. The summed E-state index contributed by atoms with van der Waals surface area (Å²) in [5, 5.41) is 19.2. The van der Waals surface area contributed by atoms with E-state index in [4.69, 9.17) is 14.7 Å². The van der Waals surface area contributed by atoms with Crippen LogP contribution in [0.3, 0.4) is 0 Å². The van der Waals surface area contributed by atoms with Crippen molar-refractivity contribution in [1.29, 1.82) is 5.26 Å². The van der Waals surface area contributed by atoms with Crippen molar-refractivity contribution in [3.05, 3.63) is 40.6 Å². The molecule has 0 amide bonds. The number of nitrogens with one attached hydrogen (secondary N) is 1. The first-order chi connectivity index (χ1) is 15.6. The Bertz CT molecular complexity index is 1430. The van der Waals surface area contributed by atoms with Gasteiger partial charge in [0.25, 0.3) is 0 Å². The van der Waals surface area contributed by atoms with Crippen molar-refractivity contribution in [3.63, 3.8) is 0 Å². The number of aliphatic hydroxyl groups excluding tert-OH is 1. The van der Waals surface area contributed by atoms with Crippen LogP contribution in [-0.2, 0) is 4.74 Å². The minimum Gasteiger partial charge on any atom is -0.389 e. The van der Waals surface area contributed by atoms with Gasteiger partial charge in [0.05, 0.1) is 28.8 Å². The smallest absolute Gasteiger partial charge is 0.328 e. The average molecular weight is 432 g/mol. The van der Waals surface area contributed by atoms with Crippen LogP contribution in [0.4, 0.5) is 5.82 Å². The molecule has 11 heteroatoms. The van der Waals surface area contributed by atoms with Gasteiger partial charge < -0.3 is 19.7 Å². The van der Waals surface area contributed by atoms with Gasteiger partial charge in [-0.1, -0.05) is 0 Å². The zero-order chi connectivity index (χ0) is 21.8. The fourth-order valence-corrected chi connectivity index (χ4v) is 4.46. The van der Waals surface area contributed by atoms with Gasteiger partial charge in [0.15, 0.2) is 11.5 Å². The third-order valence-corrected chi connectivity index (χ3v) is 6.15. The highest BCUT2D eigenvalue weighted by Crippen LogP contribution is 2.30. The summed E-state index contributed by atoms with van der Waals surface area (Å²) >= 11 is 0. The molecule has 6 rings (SSSR count). The molecule has 2 saturated heterocycles. The van der Waals surface area contributed by atoms with Crippen LogP contribution in [0, 0.1) is 11.3 Å². The van der Waals surface area contributed by atoms with Gasteiger partial charge in [-0.3, -0.25) is 9.13 Å². The van der Waals surface area contributed by atoms with Crippen molar-refractivity contribution < 1.29 is 9.84 Å². The number of aromatic amines is 1. The maximum Gasteiger partial charge on any atom is 0.328 e. The molecule has 2 N–H and O–H groups in total. The molecule has 0 radical (unpaired) electrons. The molecule has 2 aliphatic heterocycles. The molecule has 1 aromatic carbocycles. The molecule has 0 spiro atoms. The normalized spacial score (nSPS) is 17.7. The lowest BCUT2D eigenvalue weighted by molar-refractivity contribution is 0.0697. The van der Waals surface area contributed by atoms with Crippen LogP contribution in [-0.4, -0.2) is 66.6 Å². The number of fused-ring (bicyclic) bond motifs is 2. The van der Waals surface area contributed by atoms with E-state index < -0.39 is 6.10 Å². The van der Waals surface area contributed by atoms with E-state index in [1.807, 2.05) is 4.90 Å². The molecule has 2 fully saturated rings. The molecule has 0 unspecified atom stereocenters. The Morgan fingerprint density at radius 1 is 1.22 bits per heavy atom. The number of β-amino-alcohol motifs (C(OH)–C–C–N with tert-alkyl or cyclic N) is 1. The molecule has 11 nitrogen and oxygen atoms in total. The maximum atomic E-state index is 13.0. The topological polar surface area (TPSA) is 138 Å². The molecular weight excluding hydrogens is 412 g/mol. The highest BCUT2D eigenvalue weighted by Gasteiger charge is 2.31. The van der Waals surface area contributed by atoms with E-state index in [0.29, 0.717) is 65.8 Å². The molecule has 0 saturated carbocycles. The van der Waals surface area contributed by atoms with E-state index in [-0.39, 0.29) is 11.7 Å². The van der Waals surface area contributed by atoms with Crippen LogP contribution < -0.4 is 10.6 Å². The Balaban J connectivity index is 1.59. The monoisotopic (exact) mass is 432 g/mol. The minimum atomic E-state index is -0.431. The van der Waals surface area contributed by atoms with Gasteiger partial charge in [0, 0.05) is 32.3 Å². The lowest BCUT2D eigenvalue weighted by Gasteiger charge is -2.37. The van der Waals surface area contributed by atoms with Crippen LogP contribution >= 0.6 is 0 Å². The number of nitriles is 1. The van der Waals surface area contributed by atoms with Crippen molar-refractivity contribution >= 4 is 28.0 Å². The van der Waals surface area contributed by atoms with Gasteiger partial charge in [-0.2, -0.15) is 15.2 Å². The predicted molar refractivity (Wildman–Crippen MR) is 115 cm³/mol. The van der Waals surface area contributed by atoms with E-state index in [9.17, 15) is 15.2 Å². The standard InChI is InChI=1S/C21H20N8O3/c22-8-12-1-2-15-16(7-12)28(11-23-15)20-25-18(27-9-14(30)10-27)17-19(26-20)29(21(31)24-17)13-3-5-32-6-4-13/h1-2,7,11,13-14,30H,3-6,9-10H2,(H,24,31). The largest absolute Gasteiger partial charge is 0.389 e. The number of rotatable bonds is 3. The summed E-state index contributed by atoms with van der Waals surface area (Å²) in [5.74, 6) is 0.919. The fraction of sp³-hybridized carbons (Fsp3) is 0.381. The molecule has 2 aliphatic rings. The Hall–Kier alpha value is -3.75. The summed E-state index contributed by atoms with van der Waals surface area (Å²) in [6.45, 7) is 2.05. The second-order valence-corrected chi connectivity index (χ2v) is 8.18. The zero-order valence-corrected chi connectivity index (χ0v) is 17.1. The van der Waals surface area contributed by atoms with Gasteiger partial charge in [0.2, 0.25) is 5.95 Å². The third-order valence-electron chi connectivity index (χ3n) is 6.15. The number of hydrogen-bond donors (Lipinski definition) is 2. The lowest BCUT2D eigenvalue weighted by Crippen LogP contribution is -2.51. The van der Waals surface area contributed by atoms with Crippen LogP contribution in [0.15, 0.2) is 29.3 Å². The summed E-state index contributed by atoms with van der Waals surface area (Å²) in [6, 6.07) is 7.36. The SMILES string of the molecule is N#Cc1ccc2ncn(-c3nc(N4CC(O)C4)c4[nH]c(=O)n(C5CCOCC5)c4n3)c2c1. The van der Waals surface area contributed by atoms with Crippen molar-refractivity contribution in [1.82, 2.24) is 29.1 Å². The summed E-state index contributed by atoms with van der Waals surface area (Å²) in [7, 11) is 0. The van der Waals surface area contributed by atoms with Gasteiger partial charge >= 0.3 is 5.69 Å². The Morgan fingerprint density at radius 3 is 2.78 bits per heavy atom. The molecule has 0 atom stereocenters. The summed E-state index contributed by atoms with van der Waals surface area (Å²) in [5.41, 5.74) is 2.76. The second kappa shape index (κ2) is 7.15. The van der Waals surface area contributed by atoms with Crippen molar-refractivity contribution in [2.75, 3.05) is 31.2 Å². The summed E-state index contributed by atoms with van der Waals surface area (Å²) in [4.78, 5) is 31.7. The van der Waals surface area contributed by atoms with Gasteiger partial charge in [-0.15, -0.1) is 0 Å². The maximum absolute atomic E-state index is 13.0. The molecule has 5 heterocycles. The van der Waals surface area contributed by atoms with Crippen molar-refractivity contribution in [3.8, 4) is 12.0 Å². The van der Waals surface area contributed by atoms with E-state index >= 15 is 0 Å². The summed E-state index contributed by atoms with van der Waals surface area (Å²) in [6.07, 6.45) is 2.64. The molecular formula is C21H20N8O3.